The van der Waals surface area contributed by atoms with Crippen LogP contribution in [-0.2, 0) is 0 Å². The van der Waals surface area contributed by atoms with Crippen LogP contribution in [0.4, 0.5) is 0 Å². The molecule has 0 aromatic carbocycles. The minimum Gasteiger partial charge on any atom is -0.412 e. The average molecular weight is 154 g/mol. The molecule has 11 heavy (non-hydrogen) atoms. The van der Waals surface area contributed by atoms with Crippen LogP contribution in [0.1, 0.15) is 24.2 Å². The van der Waals surface area contributed by atoms with Crippen molar-refractivity contribution in [3.63, 3.8) is 0 Å². The predicted octanol–water partition coefficient (Wildman–Crippen LogP) is 0.959. The summed E-state index contributed by atoms with van der Waals surface area (Å²) in [4.78, 5) is 11.8. The molecular formula is C7H10N2O2. The Bertz CT molecular complexity index is 265. The van der Waals surface area contributed by atoms with Crippen LogP contribution in [0.3, 0.4) is 0 Å². The van der Waals surface area contributed by atoms with E-state index in [0.29, 0.717) is 10.4 Å². The summed E-state index contributed by atoms with van der Waals surface area (Å²) in [6.07, 6.45) is 2.64. The van der Waals surface area contributed by atoms with E-state index in [1.54, 1.807) is 13.8 Å². The number of hydrogen-bond donors (Lipinski definition) is 1. The third kappa shape index (κ3) is 1.58. The third-order valence-corrected chi connectivity index (χ3v) is 1.38. The predicted molar refractivity (Wildman–Crippen MR) is 38.6 cm³/mol. The maximum atomic E-state index is 11.2. The van der Waals surface area contributed by atoms with Crippen molar-refractivity contribution in [1.29, 1.82) is 0 Å². The van der Waals surface area contributed by atoms with E-state index in [1.807, 2.05) is 0 Å². The normalized spacial score (nSPS) is 10.5. The minimum absolute atomic E-state index is 0.00898. The van der Waals surface area contributed by atoms with Crippen molar-refractivity contribution in [3.8, 4) is 0 Å². The van der Waals surface area contributed by atoms with Gasteiger partial charge in [0.2, 0.25) is 0 Å². The fourth-order valence-corrected chi connectivity index (χ4v) is 0.773. The quantitative estimate of drug-likeness (QED) is 0.510. The van der Waals surface area contributed by atoms with E-state index in [-0.39, 0.29) is 11.7 Å². The maximum absolute atomic E-state index is 11.2. The van der Waals surface area contributed by atoms with Gasteiger partial charge < -0.3 is 5.21 Å². The van der Waals surface area contributed by atoms with Crippen molar-refractivity contribution < 1.29 is 10.0 Å². The highest BCUT2D eigenvalue weighted by Crippen LogP contribution is 2.05. The standard InChI is InChI=1S/C7H10N2O2/c1-5(2)7(10)6-3-8-9(11)4-6/h3-5,11H,1-2H3. The number of ketones is 1. The van der Waals surface area contributed by atoms with Crippen molar-refractivity contribution in [1.82, 2.24) is 9.94 Å². The molecule has 0 aliphatic rings. The molecule has 1 aromatic rings. The van der Waals surface area contributed by atoms with Crippen molar-refractivity contribution in [3.05, 3.63) is 18.0 Å². The molecule has 4 heteroatoms. The van der Waals surface area contributed by atoms with E-state index in [4.69, 9.17) is 5.21 Å². The fourth-order valence-electron chi connectivity index (χ4n) is 0.773. The van der Waals surface area contributed by atoms with Crippen molar-refractivity contribution in [2.75, 3.05) is 0 Å². The zero-order valence-electron chi connectivity index (χ0n) is 6.48. The Hall–Kier alpha value is -1.32. The van der Waals surface area contributed by atoms with E-state index < -0.39 is 0 Å². The second-order valence-corrected chi connectivity index (χ2v) is 2.67. The number of carbonyl (C=O) groups excluding carboxylic acids is 1. The second kappa shape index (κ2) is 2.74. The van der Waals surface area contributed by atoms with E-state index in [1.165, 1.54) is 12.4 Å². The number of carbonyl (C=O) groups is 1. The Kier molecular flexibility index (Phi) is 1.94. The summed E-state index contributed by atoms with van der Waals surface area (Å²) in [6.45, 7) is 3.61. The molecular weight excluding hydrogens is 144 g/mol. The van der Waals surface area contributed by atoms with Gasteiger partial charge in [-0.3, -0.25) is 4.79 Å². The van der Waals surface area contributed by atoms with Gasteiger partial charge in [0.1, 0.15) is 0 Å². The summed E-state index contributed by atoms with van der Waals surface area (Å²) in [5.74, 6) is -0.0653. The van der Waals surface area contributed by atoms with Gasteiger partial charge in [-0.05, 0) is 0 Å². The number of Topliss-reactive ketones (excluding diaryl/α,β-unsaturated/α-hetero) is 1. The van der Waals surface area contributed by atoms with Crippen LogP contribution in [0, 0.1) is 5.92 Å². The van der Waals surface area contributed by atoms with Gasteiger partial charge in [-0.15, -0.1) is 9.94 Å². The van der Waals surface area contributed by atoms with Crippen LogP contribution in [0.15, 0.2) is 12.4 Å². The summed E-state index contributed by atoms with van der Waals surface area (Å²) in [5.41, 5.74) is 0.447. The van der Waals surface area contributed by atoms with Crippen LogP contribution in [0.25, 0.3) is 0 Å². The zero-order chi connectivity index (χ0) is 8.43. The Balaban J connectivity index is 2.85. The molecule has 4 nitrogen and oxygen atoms in total. The zero-order valence-corrected chi connectivity index (χ0v) is 6.48. The molecule has 0 saturated heterocycles. The fraction of sp³-hybridized carbons (Fsp3) is 0.429. The van der Waals surface area contributed by atoms with E-state index in [0.717, 1.165) is 0 Å². The van der Waals surface area contributed by atoms with E-state index >= 15 is 0 Å². The number of aromatic nitrogens is 2. The summed E-state index contributed by atoms with van der Waals surface area (Å²) < 4.78 is 0. The van der Waals surface area contributed by atoms with Gasteiger partial charge in [0.15, 0.2) is 5.78 Å². The molecule has 0 radical (unpaired) electrons. The second-order valence-electron chi connectivity index (χ2n) is 2.67. The first-order valence-corrected chi connectivity index (χ1v) is 3.39. The lowest BCUT2D eigenvalue weighted by Crippen LogP contribution is -2.05. The Labute approximate surface area is 64.4 Å². The van der Waals surface area contributed by atoms with E-state index in [2.05, 4.69) is 5.10 Å². The lowest BCUT2D eigenvalue weighted by atomic mass is 10.1. The molecule has 1 heterocycles. The minimum atomic E-state index is -0.0563. The lowest BCUT2D eigenvalue weighted by molar-refractivity contribution is 0.0936. The number of nitrogens with zero attached hydrogens (tertiary/aromatic N) is 2. The molecule has 0 aliphatic carbocycles. The smallest absolute Gasteiger partial charge is 0.168 e. The third-order valence-electron chi connectivity index (χ3n) is 1.38. The molecule has 0 atom stereocenters. The molecule has 0 saturated carbocycles. The molecule has 0 amide bonds. The maximum Gasteiger partial charge on any atom is 0.168 e. The Morgan fingerprint density at radius 2 is 2.36 bits per heavy atom. The van der Waals surface area contributed by atoms with Gasteiger partial charge in [-0.25, -0.2) is 0 Å². The lowest BCUT2D eigenvalue weighted by Gasteiger charge is -1.97. The number of hydrogen-bond acceptors (Lipinski definition) is 3. The molecule has 1 rings (SSSR count). The molecule has 0 unspecified atom stereocenters. The van der Waals surface area contributed by atoms with Gasteiger partial charge in [0, 0.05) is 5.92 Å². The topological polar surface area (TPSA) is 55.1 Å². The summed E-state index contributed by atoms with van der Waals surface area (Å²) in [5, 5.41) is 12.2. The van der Waals surface area contributed by atoms with Gasteiger partial charge in [0.25, 0.3) is 0 Å². The first-order chi connectivity index (χ1) is 5.11. The van der Waals surface area contributed by atoms with Gasteiger partial charge in [-0.1, -0.05) is 13.8 Å². The van der Waals surface area contributed by atoms with Crippen molar-refractivity contribution in [2.45, 2.75) is 13.8 Å². The monoisotopic (exact) mass is 154 g/mol. The molecule has 60 valence electrons. The van der Waals surface area contributed by atoms with Crippen LogP contribution < -0.4 is 0 Å². The largest absolute Gasteiger partial charge is 0.412 e. The first-order valence-electron chi connectivity index (χ1n) is 3.39. The first kappa shape index (κ1) is 7.78. The number of rotatable bonds is 2. The van der Waals surface area contributed by atoms with E-state index in [9.17, 15) is 4.79 Å². The highest BCUT2D eigenvalue weighted by atomic mass is 16.5. The highest BCUT2D eigenvalue weighted by molar-refractivity contribution is 5.96. The highest BCUT2D eigenvalue weighted by Gasteiger charge is 2.11. The van der Waals surface area contributed by atoms with Gasteiger partial charge >= 0.3 is 0 Å². The average Bonchev–Trinajstić information content (AvgIpc) is 2.34. The molecule has 1 N–H and O–H groups in total. The van der Waals surface area contributed by atoms with Crippen molar-refractivity contribution >= 4 is 5.78 Å². The van der Waals surface area contributed by atoms with Crippen LogP contribution in [0.5, 0.6) is 0 Å². The molecule has 0 fully saturated rings. The van der Waals surface area contributed by atoms with Crippen molar-refractivity contribution in [2.24, 2.45) is 5.92 Å². The van der Waals surface area contributed by atoms with Crippen LogP contribution in [0.2, 0.25) is 0 Å². The van der Waals surface area contributed by atoms with Crippen LogP contribution >= 0.6 is 0 Å². The van der Waals surface area contributed by atoms with Crippen LogP contribution in [-0.4, -0.2) is 20.9 Å². The molecule has 0 bridgehead atoms. The Morgan fingerprint density at radius 3 is 2.73 bits per heavy atom. The SMILES string of the molecule is CC(C)C(=O)c1cnn(O)c1. The summed E-state index contributed by atoms with van der Waals surface area (Å²) in [6, 6.07) is 0. The summed E-state index contributed by atoms with van der Waals surface area (Å²) >= 11 is 0. The van der Waals surface area contributed by atoms with Gasteiger partial charge in [0.05, 0.1) is 18.0 Å². The molecule has 0 spiro atoms. The molecule has 1 aromatic heterocycles. The Morgan fingerprint density at radius 1 is 1.73 bits per heavy atom. The summed E-state index contributed by atoms with van der Waals surface area (Å²) in [7, 11) is 0. The molecule has 0 aliphatic heterocycles. The van der Waals surface area contributed by atoms with Gasteiger partial charge in [-0.2, -0.15) is 0 Å².